The fourth-order valence-electron chi connectivity index (χ4n) is 5.27. The van der Waals surface area contributed by atoms with Crippen molar-refractivity contribution >= 4 is 23.2 Å². The second-order valence-corrected chi connectivity index (χ2v) is 12.3. The van der Waals surface area contributed by atoms with Crippen molar-refractivity contribution in [2.45, 2.75) is 78.8 Å². The van der Waals surface area contributed by atoms with E-state index in [1.54, 1.807) is 11.3 Å². The van der Waals surface area contributed by atoms with Gasteiger partial charge in [-0.15, -0.1) is 11.3 Å². The van der Waals surface area contributed by atoms with Gasteiger partial charge < -0.3 is 9.80 Å². The molecule has 0 spiro atoms. The summed E-state index contributed by atoms with van der Waals surface area (Å²) < 4.78 is 0. The number of fused-ring (bicyclic) bond motifs is 1. The maximum absolute atomic E-state index is 13.7. The van der Waals surface area contributed by atoms with Crippen molar-refractivity contribution in [3.8, 4) is 0 Å². The molecule has 2 aliphatic rings. The highest BCUT2D eigenvalue weighted by Gasteiger charge is 2.38. The van der Waals surface area contributed by atoms with Gasteiger partial charge in [0.2, 0.25) is 11.8 Å². The molecule has 2 heterocycles. The molecule has 0 saturated heterocycles. The maximum atomic E-state index is 13.7. The van der Waals surface area contributed by atoms with E-state index in [1.165, 1.54) is 16.0 Å². The van der Waals surface area contributed by atoms with E-state index in [0.717, 1.165) is 31.2 Å². The van der Waals surface area contributed by atoms with E-state index in [9.17, 15) is 9.59 Å². The Kier molecular flexibility index (Phi) is 6.99. The van der Waals surface area contributed by atoms with Crippen LogP contribution in [-0.2, 0) is 16.0 Å². The zero-order valence-electron chi connectivity index (χ0n) is 20.8. The minimum Gasteiger partial charge on any atom is -0.330 e. The summed E-state index contributed by atoms with van der Waals surface area (Å²) in [5.41, 5.74) is 3.81. The lowest BCUT2D eigenvalue weighted by Gasteiger charge is -2.38. The van der Waals surface area contributed by atoms with Crippen molar-refractivity contribution in [3.63, 3.8) is 0 Å². The fraction of sp³-hybridized carbons (Fsp3) is 0.571. The maximum Gasteiger partial charge on any atom is 0.243 e. The number of carbonyl (C=O) groups is 2. The second kappa shape index (κ2) is 9.61. The Morgan fingerprint density at radius 1 is 1.15 bits per heavy atom. The summed E-state index contributed by atoms with van der Waals surface area (Å²) in [6.07, 6.45) is 4.46. The van der Waals surface area contributed by atoms with Crippen LogP contribution in [0.1, 0.15) is 81.0 Å². The Bertz CT molecular complexity index is 984. The number of thiophene rings is 1. The highest BCUT2D eigenvalue weighted by Crippen LogP contribution is 2.38. The Morgan fingerprint density at radius 3 is 2.48 bits per heavy atom. The normalized spacial score (nSPS) is 19.2. The Labute approximate surface area is 203 Å². The predicted octanol–water partition coefficient (Wildman–Crippen LogP) is 5.98. The number of hydrogen-bond acceptors (Lipinski definition) is 3. The van der Waals surface area contributed by atoms with Crippen LogP contribution in [0.5, 0.6) is 0 Å². The number of rotatable bonds is 7. The van der Waals surface area contributed by atoms with Gasteiger partial charge in [0.05, 0.1) is 6.04 Å². The summed E-state index contributed by atoms with van der Waals surface area (Å²) >= 11 is 1.78. The van der Waals surface area contributed by atoms with Crippen LogP contribution in [-0.4, -0.2) is 40.7 Å². The first-order chi connectivity index (χ1) is 15.6. The molecule has 1 aromatic carbocycles. The van der Waals surface area contributed by atoms with Gasteiger partial charge in [-0.2, -0.15) is 0 Å². The van der Waals surface area contributed by atoms with Crippen molar-refractivity contribution in [2.75, 3.05) is 13.1 Å². The molecule has 5 heteroatoms. The first-order valence-electron chi connectivity index (χ1n) is 12.3. The molecule has 0 radical (unpaired) electrons. The van der Waals surface area contributed by atoms with Crippen LogP contribution in [0.3, 0.4) is 0 Å². The molecule has 33 heavy (non-hydrogen) atoms. The van der Waals surface area contributed by atoms with Crippen LogP contribution in [0.4, 0.5) is 0 Å². The average molecular weight is 467 g/mol. The van der Waals surface area contributed by atoms with Crippen molar-refractivity contribution in [2.24, 2.45) is 11.3 Å². The molecule has 1 aliphatic heterocycles. The third-order valence-electron chi connectivity index (χ3n) is 6.78. The smallest absolute Gasteiger partial charge is 0.243 e. The van der Waals surface area contributed by atoms with Gasteiger partial charge in [-0.05, 0) is 66.5 Å². The fourth-order valence-corrected chi connectivity index (χ4v) is 6.17. The molecule has 2 atom stereocenters. The van der Waals surface area contributed by atoms with Crippen molar-refractivity contribution < 1.29 is 9.59 Å². The number of benzene rings is 1. The molecule has 1 aliphatic carbocycles. The van der Waals surface area contributed by atoms with Gasteiger partial charge in [-0.3, -0.25) is 9.59 Å². The minimum atomic E-state index is -0.0657. The van der Waals surface area contributed by atoms with Crippen molar-refractivity contribution in [1.82, 2.24) is 9.80 Å². The molecule has 0 N–H and O–H groups in total. The summed E-state index contributed by atoms with van der Waals surface area (Å²) in [4.78, 5) is 32.2. The molecule has 178 valence electrons. The molecule has 2 amide bonds. The Hall–Kier alpha value is -2.14. The average Bonchev–Trinajstić information content (AvgIpc) is 3.46. The molecule has 1 fully saturated rings. The lowest BCUT2D eigenvalue weighted by atomic mass is 9.84. The van der Waals surface area contributed by atoms with Gasteiger partial charge in [0.1, 0.15) is 6.54 Å². The van der Waals surface area contributed by atoms with E-state index in [0.29, 0.717) is 18.9 Å². The molecular formula is C28H38N2O2S. The number of hydrogen-bond donors (Lipinski definition) is 0. The predicted molar refractivity (Wildman–Crippen MR) is 135 cm³/mol. The molecule has 4 nitrogen and oxygen atoms in total. The lowest BCUT2D eigenvalue weighted by Crippen LogP contribution is -2.47. The van der Waals surface area contributed by atoms with Gasteiger partial charge in [0, 0.05) is 23.9 Å². The van der Waals surface area contributed by atoms with E-state index >= 15 is 0 Å². The SMILES string of the molecule is Cc1ccc(C2c3ccsc3CCN2C(=O)CN(C(=O)CC(C)CC(C)(C)C)C2CC2)cc1. The van der Waals surface area contributed by atoms with Gasteiger partial charge in [-0.1, -0.05) is 57.5 Å². The highest BCUT2D eigenvalue weighted by molar-refractivity contribution is 7.10. The van der Waals surface area contributed by atoms with Crippen LogP contribution in [0.15, 0.2) is 35.7 Å². The monoisotopic (exact) mass is 466 g/mol. The topological polar surface area (TPSA) is 40.6 Å². The van der Waals surface area contributed by atoms with Crippen LogP contribution in [0.25, 0.3) is 0 Å². The first kappa shape index (κ1) is 24.0. The third kappa shape index (κ3) is 5.87. The standard InChI is InChI=1S/C28H38N2O2S/c1-19-6-8-21(9-7-19)27-23-13-15-33-24(23)12-14-29(27)26(32)18-30(22-10-11-22)25(31)16-20(2)17-28(3,4)5/h6-9,13,15,20,22,27H,10-12,14,16-18H2,1-5H3. The molecule has 1 aromatic heterocycles. The first-order valence-corrected chi connectivity index (χ1v) is 13.2. The van der Waals surface area contributed by atoms with Gasteiger partial charge in [0.25, 0.3) is 0 Å². The molecule has 2 unspecified atom stereocenters. The van der Waals surface area contributed by atoms with Crippen molar-refractivity contribution in [3.05, 3.63) is 57.3 Å². The van der Waals surface area contributed by atoms with Crippen LogP contribution < -0.4 is 0 Å². The van der Waals surface area contributed by atoms with Gasteiger partial charge in [-0.25, -0.2) is 0 Å². The Morgan fingerprint density at radius 2 is 1.85 bits per heavy atom. The molecule has 2 aromatic rings. The number of carbonyl (C=O) groups excluding carboxylic acids is 2. The van der Waals surface area contributed by atoms with E-state index in [-0.39, 0.29) is 35.9 Å². The van der Waals surface area contributed by atoms with Gasteiger partial charge >= 0.3 is 0 Å². The largest absolute Gasteiger partial charge is 0.330 e. The van der Waals surface area contributed by atoms with Crippen LogP contribution in [0, 0.1) is 18.3 Å². The van der Waals surface area contributed by atoms with Gasteiger partial charge in [0.15, 0.2) is 0 Å². The molecule has 1 saturated carbocycles. The molecular weight excluding hydrogens is 428 g/mol. The third-order valence-corrected chi connectivity index (χ3v) is 7.77. The van der Waals surface area contributed by atoms with E-state index in [1.807, 2.05) is 9.80 Å². The zero-order valence-corrected chi connectivity index (χ0v) is 21.6. The zero-order chi connectivity index (χ0) is 23.8. The van der Waals surface area contributed by atoms with Crippen molar-refractivity contribution in [1.29, 1.82) is 0 Å². The van der Waals surface area contributed by atoms with E-state index < -0.39 is 0 Å². The van der Waals surface area contributed by atoms with E-state index in [4.69, 9.17) is 0 Å². The highest BCUT2D eigenvalue weighted by atomic mass is 32.1. The lowest BCUT2D eigenvalue weighted by molar-refractivity contribution is -0.142. The van der Waals surface area contributed by atoms with Crippen LogP contribution in [0.2, 0.25) is 0 Å². The summed E-state index contributed by atoms with van der Waals surface area (Å²) in [6.45, 7) is 11.8. The van der Waals surface area contributed by atoms with E-state index in [2.05, 4.69) is 70.3 Å². The summed E-state index contributed by atoms with van der Waals surface area (Å²) in [5, 5.41) is 2.14. The summed E-state index contributed by atoms with van der Waals surface area (Å²) in [7, 11) is 0. The van der Waals surface area contributed by atoms with Crippen LogP contribution >= 0.6 is 11.3 Å². The summed E-state index contributed by atoms with van der Waals surface area (Å²) in [6, 6.07) is 10.9. The number of nitrogens with zero attached hydrogens (tertiary/aromatic N) is 2. The molecule has 0 bridgehead atoms. The summed E-state index contributed by atoms with van der Waals surface area (Å²) in [5.74, 6) is 0.529. The second-order valence-electron chi connectivity index (χ2n) is 11.3. The molecule has 4 rings (SSSR count). The number of aryl methyl sites for hydroxylation is 1. The quantitative estimate of drug-likeness (QED) is 0.503. The number of amides is 2. The Balaban J connectivity index is 1.51. The minimum absolute atomic E-state index is 0.0657.